The highest BCUT2D eigenvalue weighted by molar-refractivity contribution is 7.89. The first kappa shape index (κ1) is 19.5. The van der Waals surface area contributed by atoms with E-state index in [0.29, 0.717) is 28.6 Å². The molecule has 0 atom stereocenters. The van der Waals surface area contributed by atoms with Crippen LogP contribution in [-0.4, -0.2) is 20.9 Å². The summed E-state index contributed by atoms with van der Waals surface area (Å²) < 4.78 is 22.4. The summed E-state index contributed by atoms with van der Waals surface area (Å²) in [4.78, 5) is 11.9. The lowest BCUT2D eigenvalue weighted by Gasteiger charge is -2.04. The predicted octanol–water partition coefficient (Wildman–Crippen LogP) is 3.01. The zero-order chi connectivity index (χ0) is 18.4. The van der Waals surface area contributed by atoms with Gasteiger partial charge >= 0.3 is 0 Å². The molecule has 0 radical (unpaired) electrons. The molecule has 2 aromatic rings. The van der Waals surface area contributed by atoms with Crippen molar-refractivity contribution in [3.63, 3.8) is 0 Å². The van der Waals surface area contributed by atoms with Gasteiger partial charge in [-0.05, 0) is 41.8 Å². The molecule has 0 aromatic heterocycles. The molecule has 0 bridgehead atoms. The Bertz CT molecular complexity index is 895. The summed E-state index contributed by atoms with van der Waals surface area (Å²) >= 11 is 11.9. The van der Waals surface area contributed by atoms with Crippen LogP contribution in [0.1, 0.15) is 11.1 Å². The number of rotatable bonds is 6. The summed E-state index contributed by atoms with van der Waals surface area (Å²) in [5.41, 5.74) is 1.54. The van der Waals surface area contributed by atoms with Crippen molar-refractivity contribution in [3.05, 3.63) is 69.7 Å². The number of primary sulfonamides is 1. The van der Waals surface area contributed by atoms with Crippen LogP contribution >= 0.6 is 23.2 Å². The van der Waals surface area contributed by atoms with Crippen LogP contribution in [0.15, 0.2) is 53.4 Å². The molecule has 0 spiro atoms. The third kappa shape index (κ3) is 5.86. The van der Waals surface area contributed by atoms with Gasteiger partial charge in [0.15, 0.2) is 0 Å². The average molecular weight is 399 g/mol. The van der Waals surface area contributed by atoms with E-state index in [1.165, 1.54) is 18.2 Å². The number of carbonyl (C=O) groups is 1. The largest absolute Gasteiger partial charge is 0.352 e. The normalized spacial score (nSPS) is 11.6. The molecular weight excluding hydrogens is 383 g/mol. The number of hydrogen-bond acceptors (Lipinski definition) is 3. The summed E-state index contributed by atoms with van der Waals surface area (Å²) in [5.74, 6) is -0.266. The maximum atomic E-state index is 11.8. The fraction of sp³-hybridized carbons (Fsp3) is 0.118. The van der Waals surface area contributed by atoms with Crippen LogP contribution in [0.5, 0.6) is 0 Å². The fourth-order valence-corrected chi connectivity index (χ4v) is 2.94. The van der Waals surface area contributed by atoms with Crippen LogP contribution in [0.4, 0.5) is 0 Å². The molecule has 2 aromatic carbocycles. The second-order valence-corrected chi connectivity index (χ2v) is 7.55. The fourth-order valence-electron chi connectivity index (χ4n) is 2.05. The third-order valence-electron chi connectivity index (χ3n) is 3.36. The summed E-state index contributed by atoms with van der Waals surface area (Å²) in [7, 11) is -3.69. The minimum Gasteiger partial charge on any atom is -0.352 e. The van der Waals surface area contributed by atoms with E-state index in [4.69, 9.17) is 28.3 Å². The second-order valence-electron chi connectivity index (χ2n) is 5.21. The van der Waals surface area contributed by atoms with Crippen molar-refractivity contribution in [1.82, 2.24) is 5.32 Å². The van der Waals surface area contributed by atoms with Gasteiger partial charge in [0.25, 0.3) is 0 Å². The van der Waals surface area contributed by atoms with E-state index in [1.807, 2.05) is 0 Å². The Morgan fingerprint density at radius 3 is 2.44 bits per heavy atom. The van der Waals surface area contributed by atoms with Gasteiger partial charge in [0.05, 0.1) is 14.9 Å². The summed E-state index contributed by atoms with van der Waals surface area (Å²) in [6.07, 6.45) is 3.52. The molecule has 1 amide bonds. The smallest absolute Gasteiger partial charge is 0.244 e. The second kappa shape index (κ2) is 8.49. The Morgan fingerprint density at radius 1 is 1.12 bits per heavy atom. The van der Waals surface area contributed by atoms with Gasteiger partial charge in [0.2, 0.25) is 15.9 Å². The number of nitrogens with one attached hydrogen (secondary N) is 1. The van der Waals surface area contributed by atoms with Crippen LogP contribution < -0.4 is 10.5 Å². The highest BCUT2D eigenvalue weighted by Gasteiger charge is 2.06. The first-order chi connectivity index (χ1) is 11.8. The molecule has 5 nitrogen and oxygen atoms in total. The highest BCUT2D eigenvalue weighted by Crippen LogP contribution is 2.26. The van der Waals surface area contributed by atoms with E-state index in [2.05, 4.69) is 5.32 Å². The lowest BCUT2D eigenvalue weighted by Crippen LogP contribution is -2.23. The van der Waals surface area contributed by atoms with Gasteiger partial charge in [0, 0.05) is 12.6 Å². The summed E-state index contributed by atoms with van der Waals surface area (Å²) in [6, 6.07) is 11.4. The topological polar surface area (TPSA) is 89.3 Å². The maximum Gasteiger partial charge on any atom is 0.244 e. The Morgan fingerprint density at radius 2 is 1.80 bits per heavy atom. The van der Waals surface area contributed by atoms with Crippen molar-refractivity contribution >= 4 is 45.2 Å². The van der Waals surface area contributed by atoms with Crippen molar-refractivity contribution in [2.75, 3.05) is 6.54 Å². The van der Waals surface area contributed by atoms with Gasteiger partial charge in [-0.15, -0.1) is 0 Å². The molecule has 2 rings (SSSR count). The van der Waals surface area contributed by atoms with E-state index < -0.39 is 10.0 Å². The molecule has 0 saturated heterocycles. The third-order valence-corrected chi connectivity index (χ3v) is 5.12. The van der Waals surface area contributed by atoms with Crippen molar-refractivity contribution in [2.45, 2.75) is 11.3 Å². The molecule has 0 saturated carbocycles. The van der Waals surface area contributed by atoms with Gasteiger partial charge in [0.1, 0.15) is 0 Å². The SMILES string of the molecule is NS(=O)(=O)c1ccc(CCNC(=O)/C=C/c2cccc(Cl)c2Cl)cc1. The quantitative estimate of drug-likeness (QED) is 0.732. The van der Waals surface area contributed by atoms with Crippen molar-refractivity contribution in [1.29, 1.82) is 0 Å². The molecule has 0 fully saturated rings. The van der Waals surface area contributed by atoms with Gasteiger partial charge in [-0.2, -0.15) is 0 Å². The molecule has 0 aliphatic carbocycles. The van der Waals surface area contributed by atoms with E-state index >= 15 is 0 Å². The number of benzene rings is 2. The number of amides is 1. The zero-order valence-corrected chi connectivity index (χ0v) is 15.4. The average Bonchev–Trinajstić information content (AvgIpc) is 2.56. The van der Waals surface area contributed by atoms with Crippen molar-refractivity contribution in [3.8, 4) is 0 Å². The molecule has 0 aliphatic heterocycles. The van der Waals surface area contributed by atoms with E-state index in [9.17, 15) is 13.2 Å². The Hall–Kier alpha value is -1.86. The molecule has 0 unspecified atom stereocenters. The van der Waals surface area contributed by atoms with Crippen LogP contribution in [0, 0.1) is 0 Å². The number of halogens is 2. The minimum absolute atomic E-state index is 0.0571. The highest BCUT2D eigenvalue weighted by atomic mass is 35.5. The lowest BCUT2D eigenvalue weighted by atomic mass is 10.1. The lowest BCUT2D eigenvalue weighted by molar-refractivity contribution is -0.116. The Kier molecular flexibility index (Phi) is 6.61. The molecule has 0 heterocycles. The number of hydrogen-bond donors (Lipinski definition) is 2. The first-order valence-corrected chi connectivity index (χ1v) is 9.59. The van der Waals surface area contributed by atoms with E-state index in [-0.39, 0.29) is 10.8 Å². The maximum absolute atomic E-state index is 11.8. The number of sulfonamides is 1. The van der Waals surface area contributed by atoms with Gasteiger partial charge in [-0.25, -0.2) is 13.6 Å². The summed E-state index contributed by atoms with van der Waals surface area (Å²) in [6.45, 7) is 0.404. The zero-order valence-electron chi connectivity index (χ0n) is 13.1. The molecule has 3 N–H and O–H groups in total. The van der Waals surface area contributed by atoms with Crippen LogP contribution in [0.25, 0.3) is 6.08 Å². The van der Waals surface area contributed by atoms with Crippen molar-refractivity contribution < 1.29 is 13.2 Å². The monoisotopic (exact) mass is 398 g/mol. The van der Waals surface area contributed by atoms with Gasteiger partial charge in [-0.1, -0.05) is 47.5 Å². The standard InChI is InChI=1S/C17H16Cl2N2O3S/c18-15-3-1-2-13(17(15)19)6-9-16(22)21-11-10-12-4-7-14(8-5-12)25(20,23)24/h1-9H,10-11H2,(H,21,22)(H2,20,23,24)/b9-6+. The summed E-state index contributed by atoms with van der Waals surface area (Å²) in [5, 5.41) is 8.59. The number of carbonyl (C=O) groups excluding carboxylic acids is 1. The molecule has 8 heteroatoms. The van der Waals surface area contributed by atoms with Crippen LogP contribution in [0.3, 0.4) is 0 Å². The van der Waals surface area contributed by atoms with Crippen LogP contribution in [-0.2, 0) is 21.2 Å². The van der Waals surface area contributed by atoms with Gasteiger partial charge < -0.3 is 5.32 Å². The van der Waals surface area contributed by atoms with Crippen LogP contribution in [0.2, 0.25) is 10.0 Å². The van der Waals surface area contributed by atoms with E-state index in [1.54, 1.807) is 36.4 Å². The van der Waals surface area contributed by atoms with E-state index in [0.717, 1.165) is 5.56 Å². The van der Waals surface area contributed by atoms with Gasteiger partial charge in [-0.3, -0.25) is 4.79 Å². The molecule has 25 heavy (non-hydrogen) atoms. The molecule has 132 valence electrons. The number of nitrogens with two attached hydrogens (primary N) is 1. The molecule has 0 aliphatic rings. The Labute approximate surface area is 156 Å². The molecular formula is C17H16Cl2N2O3S. The minimum atomic E-state index is -3.69. The predicted molar refractivity (Wildman–Crippen MR) is 100 cm³/mol. The Balaban J connectivity index is 1.86. The van der Waals surface area contributed by atoms with Crippen molar-refractivity contribution in [2.24, 2.45) is 5.14 Å². The first-order valence-electron chi connectivity index (χ1n) is 7.29.